The monoisotopic (exact) mass is 508 g/mol. The van der Waals surface area contributed by atoms with Gasteiger partial charge in [0.15, 0.2) is 0 Å². The van der Waals surface area contributed by atoms with Crippen LogP contribution >= 0.6 is 0 Å². The maximum atomic E-state index is 13.3. The van der Waals surface area contributed by atoms with Crippen LogP contribution in [0.3, 0.4) is 0 Å². The Morgan fingerprint density at radius 3 is 2.45 bits per heavy atom. The Hall–Kier alpha value is -4.29. The van der Waals surface area contributed by atoms with Crippen molar-refractivity contribution >= 4 is 10.9 Å². The maximum Gasteiger partial charge on any atom is 0.125 e. The van der Waals surface area contributed by atoms with Gasteiger partial charge < -0.3 is 24.5 Å². The molecular weight excluding hydrogens is 479 g/mol. The minimum Gasteiger partial charge on any atom is -0.496 e. The third-order valence-corrected chi connectivity index (χ3v) is 7.02. The molecule has 5 nitrogen and oxygen atoms in total. The maximum absolute atomic E-state index is 13.3. The zero-order valence-corrected chi connectivity index (χ0v) is 21.2. The number of nitrogens with one attached hydrogen (secondary N) is 2. The highest BCUT2D eigenvalue weighted by Crippen LogP contribution is 2.36. The predicted octanol–water partition coefficient (Wildman–Crippen LogP) is 6.71. The predicted molar refractivity (Wildman–Crippen MR) is 146 cm³/mol. The molecule has 38 heavy (non-hydrogen) atoms. The molecule has 0 bridgehead atoms. The number of ether oxygens (including phenoxy) is 3. The largest absolute Gasteiger partial charge is 0.496 e. The van der Waals surface area contributed by atoms with E-state index >= 15 is 0 Å². The Morgan fingerprint density at radius 1 is 0.842 bits per heavy atom. The van der Waals surface area contributed by atoms with E-state index in [1.54, 1.807) is 19.2 Å². The van der Waals surface area contributed by atoms with Crippen molar-refractivity contribution < 1.29 is 18.6 Å². The molecule has 0 fully saturated rings. The van der Waals surface area contributed by atoms with Crippen LogP contribution < -0.4 is 19.5 Å². The van der Waals surface area contributed by atoms with E-state index in [1.165, 1.54) is 28.8 Å². The van der Waals surface area contributed by atoms with Crippen molar-refractivity contribution in [2.75, 3.05) is 13.7 Å². The van der Waals surface area contributed by atoms with E-state index in [-0.39, 0.29) is 11.9 Å². The molecule has 2 N–H and O–H groups in total. The first-order valence-corrected chi connectivity index (χ1v) is 12.8. The second-order valence-electron chi connectivity index (χ2n) is 9.45. The van der Waals surface area contributed by atoms with Gasteiger partial charge in [-0.25, -0.2) is 4.39 Å². The number of aromatic nitrogens is 1. The number of hydrogen-bond donors (Lipinski definition) is 2. The second kappa shape index (κ2) is 10.6. The van der Waals surface area contributed by atoms with Crippen molar-refractivity contribution in [3.63, 3.8) is 0 Å². The van der Waals surface area contributed by atoms with Crippen molar-refractivity contribution in [1.29, 1.82) is 0 Å². The van der Waals surface area contributed by atoms with Gasteiger partial charge in [-0.15, -0.1) is 0 Å². The fraction of sp³-hybridized carbons (Fsp3) is 0.188. The molecule has 5 aromatic rings. The van der Waals surface area contributed by atoms with Crippen molar-refractivity contribution in [1.82, 2.24) is 10.3 Å². The second-order valence-corrected chi connectivity index (χ2v) is 9.45. The third kappa shape index (κ3) is 4.95. The van der Waals surface area contributed by atoms with Gasteiger partial charge in [0.05, 0.1) is 13.2 Å². The van der Waals surface area contributed by atoms with Gasteiger partial charge in [-0.1, -0.05) is 36.4 Å². The van der Waals surface area contributed by atoms with Crippen LogP contribution in [-0.2, 0) is 19.6 Å². The topological polar surface area (TPSA) is 55.5 Å². The molecule has 0 aliphatic carbocycles. The summed E-state index contributed by atoms with van der Waals surface area (Å²) in [7, 11) is 1.66. The summed E-state index contributed by atoms with van der Waals surface area (Å²) in [5.41, 5.74) is 6.78. The van der Waals surface area contributed by atoms with E-state index in [4.69, 9.17) is 14.2 Å². The lowest BCUT2D eigenvalue weighted by atomic mass is 9.93. The van der Waals surface area contributed by atoms with Gasteiger partial charge in [0.2, 0.25) is 0 Å². The van der Waals surface area contributed by atoms with Crippen LogP contribution in [0.15, 0.2) is 91.0 Å². The molecule has 6 rings (SSSR count). The van der Waals surface area contributed by atoms with Crippen LogP contribution in [0.1, 0.15) is 34.0 Å². The SMILES string of the molecule is COc1ccc([C@@H]2NCCc3c2[nH]c2ccc(OCc4ccccc4)cc32)cc1COc1ccc(F)cc1. The average molecular weight is 509 g/mol. The van der Waals surface area contributed by atoms with Gasteiger partial charge >= 0.3 is 0 Å². The van der Waals surface area contributed by atoms with Crippen LogP contribution in [0.4, 0.5) is 4.39 Å². The molecule has 1 aliphatic heterocycles. The van der Waals surface area contributed by atoms with Crippen LogP contribution in [0, 0.1) is 5.82 Å². The van der Waals surface area contributed by atoms with E-state index in [0.717, 1.165) is 46.7 Å². The number of rotatable bonds is 8. The Kier molecular flexibility index (Phi) is 6.71. The molecule has 6 heteroatoms. The van der Waals surface area contributed by atoms with Crippen LogP contribution in [0.5, 0.6) is 17.2 Å². The average Bonchev–Trinajstić information content (AvgIpc) is 3.34. The zero-order valence-electron chi connectivity index (χ0n) is 21.2. The minimum absolute atomic E-state index is 0.00955. The molecule has 0 spiro atoms. The number of H-pyrrole nitrogens is 1. The standard InChI is InChI=1S/C32H29FN2O3/c1-36-30-14-7-22(17-23(30)20-38-25-10-8-24(33)9-11-25)31-32-27(15-16-34-31)28-18-26(12-13-29(28)35-32)37-19-21-5-3-2-4-6-21/h2-14,17-18,31,34-35H,15-16,19-20H2,1H3/t31-/m0/s1. The van der Waals surface area contributed by atoms with Crippen LogP contribution in [-0.4, -0.2) is 18.6 Å². The van der Waals surface area contributed by atoms with Gasteiger partial charge in [0, 0.05) is 28.7 Å². The van der Waals surface area contributed by atoms with Crippen LogP contribution in [0.25, 0.3) is 10.9 Å². The smallest absolute Gasteiger partial charge is 0.125 e. The first kappa shape index (κ1) is 24.1. The molecule has 0 radical (unpaired) electrons. The summed E-state index contributed by atoms with van der Waals surface area (Å²) >= 11 is 0. The van der Waals surface area contributed by atoms with Crippen molar-refractivity contribution in [3.05, 3.63) is 125 Å². The Balaban J connectivity index is 1.26. The van der Waals surface area contributed by atoms with Gasteiger partial charge in [0.1, 0.15) is 36.3 Å². The van der Waals surface area contributed by atoms with Gasteiger partial charge in [-0.3, -0.25) is 0 Å². The molecule has 1 aromatic heterocycles. The minimum atomic E-state index is -0.288. The lowest BCUT2D eigenvalue weighted by Crippen LogP contribution is -2.30. The molecule has 4 aromatic carbocycles. The number of halogens is 1. The summed E-state index contributed by atoms with van der Waals surface area (Å²) in [4.78, 5) is 3.66. The number of fused-ring (bicyclic) bond motifs is 3. The Labute approximate surface area is 221 Å². The molecule has 0 saturated carbocycles. The molecule has 0 unspecified atom stereocenters. The van der Waals surface area contributed by atoms with E-state index in [0.29, 0.717) is 19.0 Å². The molecular formula is C32H29FN2O3. The molecule has 0 amide bonds. The van der Waals surface area contributed by atoms with E-state index in [9.17, 15) is 4.39 Å². The fourth-order valence-electron chi connectivity index (χ4n) is 5.10. The van der Waals surface area contributed by atoms with Crippen molar-refractivity contribution in [3.8, 4) is 17.2 Å². The quantitative estimate of drug-likeness (QED) is 0.245. The summed E-state index contributed by atoms with van der Waals surface area (Å²) in [6, 6.07) is 28.7. The number of aromatic amines is 1. The first-order chi connectivity index (χ1) is 18.7. The van der Waals surface area contributed by atoms with Gasteiger partial charge in [-0.05, 0) is 77.7 Å². The number of benzene rings is 4. The number of methoxy groups -OCH3 is 1. The van der Waals surface area contributed by atoms with E-state index in [2.05, 4.69) is 46.7 Å². The Morgan fingerprint density at radius 2 is 1.63 bits per heavy atom. The molecule has 0 saturated heterocycles. The third-order valence-electron chi connectivity index (χ3n) is 7.02. The lowest BCUT2D eigenvalue weighted by molar-refractivity contribution is 0.296. The van der Waals surface area contributed by atoms with E-state index < -0.39 is 0 Å². The molecule has 2 heterocycles. The zero-order chi connectivity index (χ0) is 25.9. The first-order valence-electron chi connectivity index (χ1n) is 12.8. The fourth-order valence-corrected chi connectivity index (χ4v) is 5.10. The van der Waals surface area contributed by atoms with Crippen molar-refractivity contribution in [2.45, 2.75) is 25.7 Å². The summed E-state index contributed by atoms with van der Waals surface area (Å²) in [5.74, 6) is 1.94. The van der Waals surface area contributed by atoms with E-state index in [1.807, 2.05) is 30.3 Å². The van der Waals surface area contributed by atoms with Crippen LogP contribution in [0.2, 0.25) is 0 Å². The molecule has 1 atom stereocenters. The molecule has 1 aliphatic rings. The lowest BCUT2D eigenvalue weighted by Gasteiger charge is -2.25. The summed E-state index contributed by atoms with van der Waals surface area (Å²) in [5, 5.41) is 4.87. The highest BCUT2D eigenvalue weighted by Gasteiger charge is 2.26. The highest BCUT2D eigenvalue weighted by atomic mass is 19.1. The Bertz CT molecular complexity index is 1550. The highest BCUT2D eigenvalue weighted by molar-refractivity contribution is 5.86. The summed E-state index contributed by atoms with van der Waals surface area (Å²) in [6.07, 6.45) is 0.935. The molecule has 192 valence electrons. The van der Waals surface area contributed by atoms with Crippen molar-refractivity contribution in [2.24, 2.45) is 0 Å². The summed E-state index contributed by atoms with van der Waals surface area (Å²) < 4.78 is 30.9. The normalized spacial score (nSPS) is 14.7. The van der Waals surface area contributed by atoms with Gasteiger partial charge in [-0.2, -0.15) is 0 Å². The van der Waals surface area contributed by atoms with Gasteiger partial charge in [0.25, 0.3) is 0 Å². The number of hydrogen-bond acceptors (Lipinski definition) is 4. The summed E-state index contributed by atoms with van der Waals surface area (Å²) in [6.45, 7) is 1.72.